The Morgan fingerprint density at radius 2 is 1.97 bits per heavy atom. The van der Waals surface area contributed by atoms with Gasteiger partial charge in [-0.3, -0.25) is 4.99 Å². The summed E-state index contributed by atoms with van der Waals surface area (Å²) < 4.78 is 7.49. The Morgan fingerprint density at radius 3 is 2.72 bits per heavy atom. The summed E-state index contributed by atoms with van der Waals surface area (Å²) in [4.78, 5) is 9.40. The van der Waals surface area contributed by atoms with Gasteiger partial charge in [-0.15, -0.1) is 24.0 Å². The van der Waals surface area contributed by atoms with E-state index in [1.54, 1.807) is 7.11 Å². The van der Waals surface area contributed by atoms with E-state index in [1.165, 1.54) is 11.1 Å². The van der Waals surface area contributed by atoms with Crippen molar-refractivity contribution in [3.8, 4) is 5.75 Å². The fourth-order valence-corrected chi connectivity index (χ4v) is 3.17. The molecule has 0 aliphatic heterocycles. The highest BCUT2D eigenvalue weighted by Gasteiger charge is 2.05. The van der Waals surface area contributed by atoms with E-state index in [2.05, 4.69) is 52.2 Å². The topological polar surface area (TPSA) is 63.0 Å². The Balaban J connectivity index is 0.00000300. The Hall–Kier alpha value is -2.29. The number of imidazole rings is 1. The summed E-state index contributed by atoms with van der Waals surface area (Å²) in [6.07, 6.45) is 5.80. The summed E-state index contributed by atoms with van der Waals surface area (Å²) in [6.45, 7) is 6.46. The molecule has 29 heavy (non-hydrogen) atoms. The maximum atomic E-state index is 5.41. The summed E-state index contributed by atoms with van der Waals surface area (Å²) in [5.41, 5.74) is 4.45. The SMILES string of the molecule is CCNC(=NCCc1cn2cccc(C)c2n1)NCCc1ccccc1OC.I. The number of hydrogen-bond acceptors (Lipinski definition) is 3. The number of nitrogens with zero attached hydrogens (tertiary/aromatic N) is 3. The minimum atomic E-state index is 0. The number of hydrogen-bond donors (Lipinski definition) is 2. The molecule has 0 atom stereocenters. The first-order chi connectivity index (χ1) is 13.7. The lowest BCUT2D eigenvalue weighted by atomic mass is 10.1. The second-order valence-corrected chi connectivity index (χ2v) is 6.65. The largest absolute Gasteiger partial charge is 0.496 e. The number of aromatic nitrogens is 2. The van der Waals surface area contributed by atoms with Crippen LogP contribution in [-0.4, -0.2) is 42.1 Å². The number of benzene rings is 1. The molecule has 2 N–H and O–H groups in total. The predicted molar refractivity (Wildman–Crippen MR) is 130 cm³/mol. The minimum Gasteiger partial charge on any atom is -0.496 e. The third kappa shape index (κ3) is 6.35. The molecule has 156 valence electrons. The number of methoxy groups -OCH3 is 1. The molecule has 0 bridgehead atoms. The maximum Gasteiger partial charge on any atom is 0.191 e. The van der Waals surface area contributed by atoms with Crippen molar-refractivity contribution in [2.75, 3.05) is 26.7 Å². The zero-order chi connectivity index (χ0) is 19.8. The molecule has 6 nitrogen and oxygen atoms in total. The van der Waals surface area contributed by atoms with Gasteiger partial charge in [0.05, 0.1) is 12.8 Å². The standard InChI is InChI=1S/C22H29N5O.HI/c1-4-23-22(24-13-11-18-9-5-6-10-20(18)28-3)25-14-12-19-16-27-15-7-8-17(2)21(27)26-19;/h5-10,15-16H,4,11-14H2,1-3H3,(H2,23,24,25);1H. The van der Waals surface area contributed by atoms with Crippen LogP contribution in [0.5, 0.6) is 5.75 Å². The molecule has 0 unspecified atom stereocenters. The van der Waals surface area contributed by atoms with Crippen molar-refractivity contribution in [2.45, 2.75) is 26.7 Å². The molecular weight excluding hydrogens is 477 g/mol. The monoisotopic (exact) mass is 507 g/mol. The van der Waals surface area contributed by atoms with E-state index in [9.17, 15) is 0 Å². The zero-order valence-electron chi connectivity index (χ0n) is 17.3. The molecule has 0 saturated carbocycles. The van der Waals surface area contributed by atoms with Gasteiger partial charge in [-0.1, -0.05) is 24.3 Å². The molecule has 0 radical (unpaired) electrons. The number of para-hydroxylation sites is 1. The number of pyridine rings is 1. The van der Waals surface area contributed by atoms with E-state index in [0.717, 1.165) is 49.0 Å². The van der Waals surface area contributed by atoms with Crippen molar-refractivity contribution in [1.82, 2.24) is 20.0 Å². The number of aliphatic imine (C=N–C) groups is 1. The van der Waals surface area contributed by atoms with Crippen LogP contribution in [0.1, 0.15) is 23.7 Å². The fourth-order valence-electron chi connectivity index (χ4n) is 3.17. The van der Waals surface area contributed by atoms with Gasteiger partial charge >= 0.3 is 0 Å². The van der Waals surface area contributed by atoms with Crippen LogP contribution in [0.15, 0.2) is 53.8 Å². The number of halogens is 1. The van der Waals surface area contributed by atoms with Crippen LogP contribution >= 0.6 is 24.0 Å². The number of nitrogens with one attached hydrogen (secondary N) is 2. The third-order valence-corrected chi connectivity index (χ3v) is 4.59. The van der Waals surface area contributed by atoms with Crippen LogP contribution in [0, 0.1) is 6.92 Å². The molecule has 2 aromatic heterocycles. The summed E-state index contributed by atoms with van der Waals surface area (Å²) in [5, 5.41) is 6.70. The van der Waals surface area contributed by atoms with Gasteiger partial charge in [0.1, 0.15) is 11.4 Å². The zero-order valence-corrected chi connectivity index (χ0v) is 19.6. The van der Waals surface area contributed by atoms with Gasteiger partial charge in [-0.25, -0.2) is 4.98 Å². The van der Waals surface area contributed by atoms with Crippen LogP contribution in [-0.2, 0) is 12.8 Å². The van der Waals surface area contributed by atoms with Gasteiger partial charge in [0, 0.05) is 38.4 Å². The lowest BCUT2D eigenvalue weighted by Gasteiger charge is -2.12. The smallest absolute Gasteiger partial charge is 0.191 e. The highest BCUT2D eigenvalue weighted by Crippen LogP contribution is 2.17. The first-order valence-electron chi connectivity index (χ1n) is 9.78. The van der Waals surface area contributed by atoms with Gasteiger partial charge in [-0.05, 0) is 43.5 Å². The molecule has 0 aliphatic rings. The number of rotatable bonds is 8. The molecule has 7 heteroatoms. The Bertz CT molecular complexity index is 938. The van der Waals surface area contributed by atoms with Crippen molar-refractivity contribution in [3.05, 3.63) is 65.6 Å². The van der Waals surface area contributed by atoms with Crippen molar-refractivity contribution in [1.29, 1.82) is 0 Å². The molecule has 1 aromatic carbocycles. The van der Waals surface area contributed by atoms with Gasteiger partial charge < -0.3 is 19.8 Å². The summed E-state index contributed by atoms with van der Waals surface area (Å²) >= 11 is 0. The summed E-state index contributed by atoms with van der Waals surface area (Å²) in [5.74, 6) is 1.76. The highest BCUT2D eigenvalue weighted by atomic mass is 127. The molecule has 3 rings (SSSR count). The Kier molecular flexibility index (Phi) is 9.24. The number of guanidine groups is 1. The first-order valence-corrected chi connectivity index (χ1v) is 9.78. The lowest BCUT2D eigenvalue weighted by Crippen LogP contribution is -2.38. The van der Waals surface area contributed by atoms with Crippen molar-refractivity contribution >= 4 is 35.6 Å². The molecule has 0 spiro atoms. The van der Waals surface area contributed by atoms with Crippen molar-refractivity contribution in [2.24, 2.45) is 4.99 Å². The van der Waals surface area contributed by atoms with E-state index in [-0.39, 0.29) is 24.0 Å². The Morgan fingerprint density at radius 1 is 1.14 bits per heavy atom. The number of aryl methyl sites for hydroxylation is 1. The predicted octanol–water partition coefficient (Wildman–Crippen LogP) is 3.61. The highest BCUT2D eigenvalue weighted by molar-refractivity contribution is 14.0. The quantitative estimate of drug-likeness (QED) is 0.278. The van der Waals surface area contributed by atoms with Gasteiger partial charge in [-0.2, -0.15) is 0 Å². The number of ether oxygens (including phenoxy) is 1. The minimum absolute atomic E-state index is 0. The van der Waals surface area contributed by atoms with Crippen LogP contribution in [0.25, 0.3) is 5.65 Å². The average Bonchev–Trinajstić information content (AvgIpc) is 3.13. The van der Waals surface area contributed by atoms with E-state index in [1.807, 2.05) is 30.5 Å². The summed E-state index contributed by atoms with van der Waals surface area (Å²) in [7, 11) is 1.71. The molecular formula is C22H30IN5O. The van der Waals surface area contributed by atoms with E-state index in [0.29, 0.717) is 6.54 Å². The molecule has 0 aliphatic carbocycles. The van der Waals surface area contributed by atoms with E-state index in [4.69, 9.17) is 9.72 Å². The molecule has 3 aromatic rings. The first kappa shape index (κ1) is 23.0. The lowest BCUT2D eigenvalue weighted by molar-refractivity contribution is 0.409. The van der Waals surface area contributed by atoms with Crippen molar-refractivity contribution < 1.29 is 4.74 Å². The second-order valence-electron chi connectivity index (χ2n) is 6.65. The normalized spacial score (nSPS) is 11.2. The maximum absolute atomic E-state index is 5.41. The second kappa shape index (κ2) is 11.6. The van der Waals surface area contributed by atoms with Gasteiger partial charge in [0.2, 0.25) is 0 Å². The van der Waals surface area contributed by atoms with Gasteiger partial charge in [0.25, 0.3) is 0 Å². The average molecular weight is 507 g/mol. The fraction of sp³-hybridized carbons (Fsp3) is 0.364. The number of fused-ring (bicyclic) bond motifs is 1. The van der Waals surface area contributed by atoms with Crippen LogP contribution < -0.4 is 15.4 Å². The third-order valence-electron chi connectivity index (χ3n) is 4.59. The summed E-state index contributed by atoms with van der Waals surface area (Å²) in [6, 6.07) is 12.2. The van der Waals surface area contributed by atoms with Crippen LogP contribution in [0.2, 0.25) is 0 Å². The molecule has 0 saturated heterocycles. The molecule has 0 amide bonds. The van der Waals surface area contributed by atoms with Crippen LogP contribution in [0.3, 0.4) is 0 Å². The molecule has 0 fully saturated rings. The Labute approximate surface area is 189 Å². The van der Waals surface area contributed by atoms with Crippen LogP contribution in [0.4, 0.5) is 0 Å². The van der Waals surface area contributed by atoms with Crippen molar-refractivity contribution in [3.63, 3.8) is 0 Å². The molecule has 2 heterocycles. The van der Waals surface area contributed by atoms with E-state index < -0.39 is 0 Å². The van der Waals surface area contributed by atoms with Gasteiger partial charge in [0.15, 0.2) is 5.96 Å². The van der Waals surface area contributed by atoms with E-state index >= 15 is 0 Å².